The molecule has 4 heterocycles. The highest BCUT2D eigenvalue weighted by Crippen LogP contribution is 2.43. The molecule has 0 aliphatic carbocycles. The summed E-state index contributed by atoms with van der Waals surface area (Å²) in [5, 5.41) is 10.7. The molecule has 202 valence electrons. The molecule has 1 unspecified atom stereocenters. The Hall–Kier alpha value is -4.01. The number of H-pyrrole nitrogens is 1. The molecule has 0 saturated carbocycles. The summed E-state index contributed by atoms with van der Waals surface area (Å²) >= 11 is 1.61. The van der Waals surface area contributed by atoms with E-state index in [1.807, 2.05) is 30.3 Å². The lowest BCUT2D eigenvalue weighted by Crippen LogP contribution is -2.31. The number of phenolic OH excluding ortho intramolecular Hbond substituents is 1. The Morgan fingerprint density at radius 3 is 2.58 bits per heavy atom. The van der Waals surface area contributed by atoms with Crippen LogP contribution < -0.4 is 0 Å². The summed E-state index contributed by atoms with van der Waals surface area (Å²) < 4.78 is 14.4. The maximum absolute atomic E-state index is 14.4. The molecule has 5 aromatic rings. The van der Waals surface area contributed by atoms with Crippen LogP contribution in [0.1, 0.15) is 57.0 Å². The fraction of sp³-hybridized carbons (Fsp3) is 0.250. The molecule has 2 N–H and O–H groups in total. The summed E-state index contributed by atoms with van der Waals surface area (Å²) in [6, 6.07) is 21.4. The molecule has 3 aromatic carbocycles. The number of nitrogens with one attached hydrogen (secondary N) is 1. The molecule has 2 aliphatic rings. The highest BCUT2D eigenvalue weighted by molar-refractivity contribution is 7.16. The molecule has 1 amide bonds. The van der Waals surface area contributed by atoms with Crippen LogP contribution in [0, 0.1) is 5.82 Å². The van der Waals surface area contributed by atoms with Gasteiger partial charge in [-0.15, -0.1) is 11.3 Å². The van der Waals surface area contributed by atoms with Gasteiger partial charge in [0, 0.05) is 15.3 Å². The smallest absolute Gasteiger partial charge is 0.256 e. The second-order valence-electron chi connectivity index (χ2n) is 10.8. The first-order valence-electron chi connectivity index (χ1n) is 13.6. The number of phenols is 1. The molecule has 2 aliphatic heterocycles. The minimum absolute atomic E-state index is 0.0831. The van der Waals surface area contributed by atoms with Crippen LogP contribution in [0.15, 0.2) is 72.8 Å². The monoisotopic (exact) mass is 552 g/mol. The van der Waals surface area contributed by atoms with E-state index in [0.29, 0.717) is 29.4 Å². The fourth-order valence-electron chi connectivity index (χ4n) is 6.03. The van der Waals surface area contributed by atoms with Gasteiger partial charge in [-0.25, -0.2) is 9.37 Å². The first kappa shape index (κ1) is 25.0. The Labute approximate surface area is 235 Å². The van der Waals surface area contributed by atoms with Crippen LogP contribution in [0.3, 0.4) is 0 Å². The van der Waals surface area contributed by atoms with Crippen molar-refractivity contribution in [2.45, 2.75) is 31.3 Å². The predicted octanol–water partition coefficient (Wildman–Crippen LogP) is 6.69. The topological polar surface area (TPSA) is 72.5 Å². The van der Waals surface area contributed by atoms with Crippen molar-refractivity contribution in [3.8, 4) is 16.2 Å². The number of benzene rings is 3. The minimum atomic E-state index is -0.771. The number of aromatic hydroxyl groups is 1. The van der Waals surface area contributed by atoms with Gasteiger partial charge < -0.3 is 19.9 Å². The Balaban J connectivity index is 1.19. The second-order valence-corrected chi connectivity index (χ2v) is 12.0. The van der Waals surface area contributed by atoms with Gasteiger partial charge in [0.2, 0.25) is 0 Å². The zero-order valence-corrected chi connectivity index (χ0v) is 22.9. The molecular formula is C32H29FN4O2S. The van der Waals surface area contributed by atoms with E-state index in [9.17, 15) is 14.3 Å². The van der Waals surface area contributed by atoms with E-state index in [-0.39, 0.29) is 11.7 Å². The molecule has 0 radical (unpaired) electrons. The van der Waals surface area contributed by atoms with Crippen LogP contribution in [0.5, 0.6) is 5.75 Å². The van der Waals surface area contributed by atoms with Crippen LogP contribution >= 0.6 is 11.3 Å². The van der Waals surface area contributed by atoms with Gasteiger partial charge in [-0.1, -0.05) is 36.4 Å². The number of piperidine rings is 1. The first-order chi connectivity index (χ1) is 19.4. The van der Waals surface area contributed by atoms with E-state index >= 15 is 0 Å². The minimum Gasteiger partial charge on any atom is -0.508 e. The lowest BCUT2D eigenvalue weighted by Gasteiger charge is -2.29. The number of fused-ring (bicyclic) bond motifs is 2. The number of aromatic amines is 1. The maximum Gasteiger partial charge on any atom is 0.256 e. The third kappa shape index (κ3) is 4.37. The molecule has 40 heavy (non-hydrogen) atoms. The summed E-state index contributed by atoms with van der Waals surface area (Å²) in [6.45, 7) is 2.61. The molecule has 8 heteroatoms. The van der Waals surface area contributed by atoms with E-state index in [0.717, 1.165) is 39.4 Å². The molecule has 0 bridgehead atoms. The SMILES string of the molecule is CN1CCC(c2ccc(-c3cc4c(s3)CN(C(c3nc5ccccc5[nH]3)c3cc(F)ccc3O)C4=O)cc2)CC1. The third-order valence-electron chi connectivity index (χ3n) is 8.26. The Kier molecular flexibility index (Phi) is 6.17. The number of para-hydroxylation sites is 2. The number of thiophene rings is 1. The molecule has 6 nitrogen and oxygen atoms in total. The van der Waals surface area contributed by atoms with Crippen molar-refractivity contribution in [1.29, 1.82) is 0 Å². The number of carbonyl (C=O) groups excluding carboxylic acids is 1. The van der Waals surface area contributed by atoms with Crippen molar-refractivity contribution < 1.29 is 14.3 Å². The number of hydrogen-bond donors (Lipinski definition) is 2. The van der Waals surface area contributed by atoms with E-state index in [1.54, 1.807) is 16.2 Å². The standard InChI is InChI=1S/C32H29FN4O2S/c1-36-14-12-20(13-15-36)19-6-8-21(9-7-19)28-17-24-29(40-28)18-37(32(24)39)30(23-16-22(33)10-11-27(23)38)31-34-25-4-2-3-5-26(25)35-31/h2-11,16-17,20,30,38H,12-15,18H2,1H3,(H,34,35). The molecule has 1 atom stereocenters. The summed E-state index contributed by atoms with van der Waals surface area (Å²) in [5.41, 5.74) is 4.99. The van der Waals surface area contributed by atoms with Crippen molar-refractivity contribution in [3.05, 3.63) is 106 Å². The molecule has 0 spiro atoms. The fourth-order valence-corrected chi connectivity index (χ4v) is 7.19. The first-order valence-corrected chi connectivity index (χ1v) is 14.4. The number of halogens is 1. The van der Waals surface area contributed by atoms with Crippen molar-refractivity contribution in [2.75, 3.05) is 20.1 Å². The maximum atomic E-state index is 14.4. The van der Waals surface area contributed by atoms with E-state index in [4.69, 9.17) is 4.98 Å². The normalized spacial score (nSPS) is 17.1. The molecule has 7 rings (SSSR count). The zero-order valence-electron chi connectivity index (χ0n) is 22.1. The van der Waals surface area contributed by atoms with Gasteiger partial charge in [-0.05, 0) is 86.4 Å². The largest absolute Gasteiger partial charge is 0.508 e. The number of hydrogen-bond acceptors (Lipinski definition) is 5. The van der Waals surface area contributed by atoms with Gasteiger partial charge in [0.05, 0.1) is 23.1 Å². The number of likely N-dealkylation sites (tertiary alicyclic amines) is 1. The average Bonchev–Trinajstić information content (AvgIpc) is 3.66. The van der Waals surface area contributed by atoms with Crippen LogP contribution in [0.4, 0.5) is 4.39 Å². The highest BCUT2D eigenvalue weighted by Gasteiger charge is 2.39. The number of aromatic nitrogens is 2. The number of amides is 1. The molecule has 1 saturated heterocycles. The predicted molar refractivity (Wildman–Crippen MR) is 155 cm³/mol. The summed E-state index contributed by atoms with van der Waals surface area (Å²) in [7, 11) is 2.18. The van der Waals surface area contributed by atoms with Gasteiger partial charge in [0.25, 0.3) is 5.91 Å². The number of rotatable bonds is 5. The zero-order chi connectivity index (χ0) is 27.4. The number of carbonyl (C=O) groups is 1. The summed E-state index contributed by atoms with van der Waals surface area (Å²) in [5.74, 6) is 0.356. The van der Waals surface area contributed by atoms with Gasteiger partial charge >= 0.3 is 0 Å². The van der Waals surface area contributed by atoms with Gasteiger partial charge in [-0.2, -0.15) is 0 Å². The van der Waals surface area contributed by atoms with Crippen LogP contribution in [0.25, 0.3) is 21.5 Å². The van der Waals surface area contributed by atoms with Crippen molar-refractivity contribution in [2.24, 2.45) is 0 Å². The summed E-state index contributed by atoms with van der Waals surface area (Å²) in [4.78, 5) is 27.9. The Morgan fingerprint density at radius 1 is 1.05 bits per heavy atom. The van der Waals surface area contributed by atoms with E-state index < -0.39 is 11.9 Å². The lowest BCUT2D eigenvalue weighted by atomic mass is 9.89. The van der Waals surface area contributed by atoms with Gasteiger partial charge in [0.15, 0.2) is 0 Å². The van der Waals surface area contributed by atoms with Gasteiger partial charge in [0.1, 0.15) is 23.4 Å². The van der Waals surface area contributed by atoms with Crippen molar-refractivity contribution in [1.82, 2.24) is 19.8 Å². The van der Waals surface area contributed by atoms with Crippen LogP contribution in [-0.2, 0) is 6.54 Å². The summed E-state index contributed by atoms with van der Waals surface area (Å²) in [6.07, 6.45) is 2.36. The van der Waals surface area contributed by atoms with Crippen LogP contribution in [-0.4, -0.2) is 50.9 Å². The average molecular weight is 553 g/mol. The van der Waals surface area contributed by atoms with E-state index in [1.165, 1.54) is 36.6 Å². The second kappa shape index (κ2) is 9.87. The quantitative estimate of drug-likeness (QED) is 0.255. The Bertz CT molecular complexity index is 1690. The Morgan fingerprint density at radius 2 is 1.82 bits per heavy atom. The molecule has 2 aromatic heterocycles. The van der Waals surface area contributed by atoms with E-state index in [2.05, 4.69) is 41.2 Å². The molecule has 1 fully saturated rings. The molecular weight excluding hydrogens is 523 g/mol. The van der Waals surface area contributed by atoms with Gasteiger partial charge in [-0.3, -0.25) is 4.79 Å². The third-order valence-corrected chi connectivity index (χ3v) is 9.43. The highest BCUT2D eigenvalue weighted by atomic mass is 32.1. The van der Waals surface area contributed by atoms with Crippen molar-refractivity contribution >= 4 is 28.3 Å². The van der Waals surface area contributed by atoms with Crippen molar-refractivity contribution in [3.63, 3.8) is 0 Å². The van der Waals surface area contributed by atoms with Crippen LogP contribution in [0.2, 0.25) is 0 Å². The number of nitrogens with zero attached hydrogens (tertiary/aromatic N) is 3. The number of imidazole rings is 1. The lowest BCUT2D eigenvalue weighted by molar-refractivity contribution is 0.0724.